The van der Waals surface area contributed by atoms with Crippen LogP contribution in [0.5, 0.6) is 0 Å². The normalized spacial score (nSPS) is 41.7. The van der Waals surface area contributed by atoms with Crippen molar-refractivity contribution in [1.29, 1.82) is 0 Å². The molecule has 0 aromatic rings. The Morgan fingerprint density at radius 2 is 1.14 bits per heavy atom. The number of rotatable bonds is 2. The lowest BCUT2D eigenvalue weighted by molar-refractivity contribution is 0.246. The second-order valence-electron chi connectivity index (χ2n) is 4.15. The van der Waals surface area contributed by atoms with Gasteiger partial charge in [0, 0.05) is 0 Å². The Kier molecular flexibility index (Phi) is 3.06. The predicted octanol–water partition coefficient (Wildman–Crippen LogP) is 2.35. The first-order chi connectivity index (χ1) is 6.24. The Morgan fingerprint density at radius 1 is 0.786 bits per heavy atom. The second kappa shape index (κ2) is 3.54. The van der Waals surface area contributed by atoms with E-state index in [1.165, 1.54) is 0 Å². The number of hydrogen-bond donors (Lipinski definition) is 0. The Bertz CT molecular complexity index is 245. The van der Waals surface area contributed by atoms with Gasteiger partial charge in [-0.3, -0.25) is 0 Å². The summed E-state index contributed by atoms with van der Waals surface area (Å²) in [7, 11) is -6.47. The molecule has 1 aliphatic rings. The molecule has 2 unspecified atom stereocenters. The minimum absolute atomic E-state index is 1.82. The van der Waals surface area contributed by atoms with Crippen molar-refractivity contribution in [1.82, 2.24) is 0 Å². The van der Waals surface area contributed by atoms with E-state index in [0.717, 1.165) is 0 Å². The third-order valence-corrected chi connectivity index (χ3v) is 13.9. The zero-order valence-corrected chi connectivity index (χ0v) is 12.3. The van der Waals surface area contributed by atoms with Crippen molar-refractivity contribution < 1.29 is 12.3 Å². The molecule has 0 aliphatic carbocycles. The van der Waals surface area contributed by atoms with E-state index in [0.29, 0.717) is 0 Å². The molecule has 0 bridgehead atoms. The fourth-order valence-corrected chi connectivity index (χ4v) is 15.6. The zero-order valence-electron chi connectivity index (χ0n) is 9.29. The molecule has 0 N–H and O–H groups in total. The Hall–Kier alpha value is 0.0106. The Balaban J connectivity index is 2.99. The van der Waals surface area contributed by atoms with Crippen LogP contribution in [0.1, 0.15) is 0 Å². The third-order valence-electron chi connectivity index (χ3n) is 2.04. The van der Waals surface area contributed by atoms with Crippen LogP contribution in [0.2, 0.25) is 26.2 Å². The molecular formula is C8H18O3Si3. The first-order valence-corrected chi connectivity index (χ1v) is 12.2. The molecule has 1 fully saturated rings. The molecule has 0 amide bonds. The quantitative estimate of drug-likeness (QED) is 0.700. The van der Waals surface area contributed by atoms with Crippen molar-refractivity contribution in [2.75, 3.05) is 0 Å². The van der Waals surface area contributed by atoms with E-state index in [4.69, 9.17) is 12.3 Å². The predicted molar refractivity (Wildman–Crippen MR) is 64.4 cm³/mol. The van der Waals surface area contributed by atoms with E-state index in [2.05, 4.69) is 13.2 Å². The summed E-state index contributed by atoms with van der Waals surface area (Å²) in [6, 6.07) is 0. The van der Waals surface area contributed by atoms with Crippen LogP contribution in [-0.2, 0) is 12.3 Å². The van der Waals surface area contributed by atoms with Crippen LogP contribution >= 0.6 is 0 Å². The highest BCUT2D eigenvalue weighted by molar-refractivity contribution is 6.96. The van der Waals surface area contributed by atoms with E-state index < -0.39 is 25.7 Å². The fraction of sp³-hybridized carbons (Fsp3) is 0.500. The molecular weight excluding hydrogens is 228 g/mol. The van der Waals surface area contributed by atoms with Crippen molar-refractivity contribution in [3.05, 3.63) is 24.6 Å². The molecule has 0 saturated carbocycles. The van der Waals surface area contributed by atoms with Gasteiger partial charge in [-0.1, -0.05) is 11.4 Å². The van der Waals surface area contributed by atoms with Gasteiger partial charge in [-0.2, -0.15) is 0 Å². The maximum atomic E-state index is 5.93. The monoisotopic (exact) mass is 246 g/mol. The average Bonchev–Trinajstić information content (AvgIpc) is 2.00. The van der Waals surface area contributed by atoms with Gasteiger partial charge < -0.3 is 12.3 Å². The van der Waals surface area contributed by atoms with Crippen molar-refractivity contribution in [3.63, 3.8) is 0 Å². The summed E-state index contributed by atoms with van der Waals surface area (Å²) in [5.41, 5.74) is 3.64. The highest BCUT2D eigenvalue weighted by atomic mass is 28.5. The van der Waals surface area contributed by atoms with Gasteiger partial charge in [0.15, 0.2) is 0 Å². The molecule has 1 aliphatic heterocycles. The van der Waals surface area contributed by atoms with Gasteiger partial charge in [-0.05, 0) is 26.2 Å². The molecule has 80 valence electrons. The maximum Gasteiger partial charge on any atom is 0.343 e. The van der Waals surface area contributed by atoms with Gasteiger partial charge in [0.1, 0.15) is 0 Å². The van der Waals surface area contributed by atoms with Crippen molar-refractivity contribution >= 4 is 25.7 Å². The molecule has 14 heavy (non-hydrogen) atoms. The Labute approximate surface area is 89.1 Å². The molecule has 1 heterocycles. The molecule has 1 rings (SSSR count). The zero-order chi connectivity index (χ0) is 11.0. The molecule has 0 radical (unpaired) electrons. The second-order valence-corrected chi connectivity index (χ2v) is 14.3. The maximum absolute atomic E-state index is 5.93. The fourth-order valence-electron chi connectivity index (χ4n) is 1.61. The minimum Gasteiger partial charge on any atom is -0.413 e. The largest absolute Gasteiger partial charge is 0.413 e. The van der Waals surface area contributed by atoms with Crippen LogP contribution < -0.4 is 0 Å². The van der Waals surface area contributed by atoms with Crippen LogP contribution in [0.4, 0.5) is 0 Å². The summed E-state index contributed by atoms with van der Waals surface area (Å²) < 4.78 is 17.7. The summed E-state index contributed by atoms with van der Waals surface area (Å²) in [5.74, 6) is 0. The van der Waals surface area contributed by atoms with Gasteiger partial charge >= 0.3 is 25.7 Å². The van der Waals surface area contributed by atoms with Crippen molar-refractivity contribution in [2.24, 2.45) is 0 Å². The molecule has 1 saturated heterocycles. The SMILES string of the molecule is C=C[Si]1(C)O[Si](C)(C)O[Si](C)(C=C)O1. The summed E-state index contributed by atoms with van der Waals surface area (Å²) >= 11 is 0. The van der Waals surface area contributed by atoms with E-state index >= 15 is 0 Å². The van der Waals surface area contributed by atoms with E-state index in [-0.39, 0.29) is 0 Å². The van der Waals surface area contributed by atoms with E-state index in [9.17, 15) is 0 Å². The summed E-state index contributed by atoms with van der Waals surface area (Å²) in [4.78, 5) is 0. The van der Waals surface area contributed by atoms with Gasteiger partial charge in [-0.25, -0.2) is 0 Å². The molecule has 0 aromatic heterocycles. The highest BCUT2D eigenvalue weighted by Gasteiger charge is 2.52. The molecule has 6 heteroatoms. The van der Waals surface area contributed by atoms with Gasteiger partial charge in [0.25, 0.3) is 0 Å². The van der Waals surface area contributed by atoms with Crippen molar-refractivity contribution in [3.8, 4) is 0 Å². The lowest BCUT2D eigenvalue weighted by atomic mass is 11.3. The minimum atomic E-state index is -2.21. The van der Waals surface area contributed by atoms with Crippen molar-refractivity contribution in [2.45, 2.75) is 26.2 Å². The molecule has 3 nitrogen and oxygen atoms in total. The first kappa shape index (κ1) is 12.1. The van der Waals surface area contributed by atoms with Crippen LogP contribution in [0.3, 0.4) is 0 Å². The van der Waals surface area contributed by atoms with Gasteiger partial charge in [-0.15, -0.1) is 13.2 Å². The lowest BCUT2D eigenvalue weighted by Gasteiger charge is -2.46. The van der Waals surface area contributed by atoms with Crippen LogP contribution in [0.25, 0.3) is 0 Å². The summed E-state index contributed by atoms with van der Waals surface area (Å²) in [5, 5.41) is 0. The van der Waals surface area contributed by atoms with Crippen LogP contribution in [-0.4, -0.2) is 25.7 Å². The summed E-state index contributed by atoms with van der Waals surface area (Å²) in [6.45, 7) is 15.7. The highest BCUT2D eigenvalue weighted by Crippen LogP contribution is 2.31. The molecule has 0 spiro atoms. The van der Waals surface area contributed by atoms with Crippen LogP contribution in [0.15, 0.2) is 24.6 Å². The molecule has 0 aromatic carbocycles. The standard InChI is InChI=1S/C8H18O3Si3/c1-7-13(5)9-12(3,4)10-14(6,8-2)11-13/h7-8H,1-2H2,3-6H3. The van der Waals surface area contributed by atoms with Gasteiger partial charge in [0.05, 0.1) is 0 Å². The first-order valence-electron chi connectivity index (χ1n) is 4.62. The summed E-state index contributed by atoms with van der Waals surface area (Å²) in [6.07, 6.45) is 0. The van der Waals surface area contributed by atoms with E-state index in [1.807, 2.05) is 37.6 Å². The molecule has 2 atom stereocenters. The topological polar surface area (TPSA) is 27.7 Å². The van der Waals surface area contributed by atoms with Gasteiger partial charge in [0.2, 0.25) is 0 Å². The van der Waals surface area contributed by atoms with E-state index in [1.54, 1.807) is 0 Å². The lowest BCUT2D eigenvalue weighted by Crippen LogP contribution is -2.65. The number of hydrogen-bond acceptors (Lipinski definition) is 3. The Morgan fingerprint density at radius 3 is 1.43 bits per heavy atom. The third kappa shape index (κ3) is 2.53. The average molecular weight is 246 g/mol. The smallest absolute Gasteiger partial charge is 0.343 e. The van der Waals surface area contributed by atoms with Crippen LogP contribution in [0, 0.1) is 0 Å².